The fraction of sp³-hybridized carbons (Fsp3) is 0.381. The lowest BCUT2D eigenvalue weighted by Gasteiger charge is -2.32. The van der Waals surface area contributed by atoms with E-state index in [0.717, 1.165) is 29.7 Å². The van der Waals surface area contributed by atoms with Crippen molar-refractivity contribution in [3.8, 4) is 0 Å². The van der Waals surface area contributed by atoms with E-state index >= 15 is 0 Å². The smallest absolute Gasteiger partial charge is 0.285 e. The molecule has 3 heterocycles. The third kappa shape index (κ3) is 3.43. The molecule has 1 saturated heterocycles. The van der Waals surface area contributed by atoms with Crippen molar-refractivity contribution >= 4 is 44.0 Å². The van der Waals surface area contributed by atoms with Gasteiger partial charge in [0, 0.05) is 29.4 Å². The maximum absolute atomic E-state index is 12.9. The van der Waals surface area contributed by atoms with Crippen LogP contribution >= 0.6 is 11.3 Å². The number of piperidine rings is 1. The molecule has 2 aromatic rings. The molecule has 10 heteroatoms. The number of benzene rings is 1. The van der Waals surface area contributed by atoms with Gasteiger partial charge in [-0.05, 0) is 49.8 Å². The molecule has 5 rings (SSSR count). The van der Waals surface area contributed by atoms with E-state index in [9.17, 15) is 18.0 Å². The van der Waals surface area contributed by atoms with E-state index in [1.165, 1.54) is 11.3 Å². The highest BCUT2D eigenvalue weighted by Crippen LogP contribution is 2.39. The van der Waals surface area contributed by atoms with Gasteiger partial charge in [-0.1, -0.05) is 12.1 Å². The molecule has 1 aliphatic carbocycles. The van der Waals surface area contributed by atoms with E-state index < -0.39 is 15.9 Å². The minimum Gasteiger partial charge on any atom is -0.365 e. The normalized spacial score (nSPS) is 19.6. The van der Waals surface area contributed by atoms with E-state index in [1.807, 2.05) is 4.90 Å². The molecule has 1 aromatic carbocycles. The van der Waals surface area contributed by atoms with E-state index in [4.69, 9.17) is 5.73 Å². The van der Waals surface area contributed by atoms with Crippen LogP contribution in [0.5, 0.6) is 0 Å². The third-order valence-electron chi connectivity index (χ3n) is 6.18. The summed E-state index contributed by atoms with van der Waals surface area (Å²) in [4.78, 5) is 28.2. The number of sulfonamides is 1. The molecule has 0 saturated carbocycles. The highest BCUT2D eigenvalue weighted by molar-refractivity contribution is 7.90. The van der Waals surface area contributed by atoms with Crippen LogP contribution in [0.2, 0.25) is 0 Å². The lowest BCUT2D eigenvalue weighted by molar-refractivity contribution is -0.120. The average molecular weight is 459 g/mol. The molecule has 2 amide bonds. The summed E-state index contributed by atoms with van der Waals surface area (Å²) in [6.45, 7) is 1.06. The van der Waals surface area contributed by atoms with Crippen molar-refractivity contribution < 1.29 is 18.0 Å². The van der Waals surface area contributed by atoms with Crippen LogP contribution in [-0.2, 0) is 27.7 Å². The first-order valence-corrected chi connectivity index (χ1v) is 12.6. The summed E-state index contributed by atoms with van der Waals surface area (Å²) >= 11 is 1.45. The Bertz CT molecular complexity index is 1220. The second-order valence-corrected chi connectivity index (χ2v) is 10.7. The molecule has 3 aliphatic rings. The molecule has 162 valence electrons. The van der Waals surface area contributed by atoms with Crippen LogP contribution in [0.4, 0.5) is 5.00 Å². The van der Waals surface area contributed by atoms with Gasteiger partial charge in [-0.2, -0.15) is 8.42 Å². The van der Waals surface area contributed by atoms with E-state index in [2.05, 4.69) is 9.71 Å². The van der Waals surface area contributed by atoms with Crippen molar-refractivity contribution in [1.82, 2.24) is 4.90 Å². The first-order valence-electron chi connectivity index (χ1n) is 10.3. The van der Waals surface area contributed by atoms with Gasteiger partial charge in [0.2, 0.25) is 5.91 Å². The summed E-state index contributed by atoms with van der Waals surface area (Å²) in [5, 5.41) is 3.50. The van der Waals surface area contributed by atoms with Crippen LogP contribution in [0.15, 0.2) is 33.6 Å². The fourth-order valence-electron chi connectivity index (χ4n) is 4.64. The molecule has 0 spiro atoms. The number of carbonyl (C=O) groups is 2. The quantitative estimate of drug-likeness (QED) is 0.730. The molecule has 0 unspecified atom stereocenters. The third-order valence-corrected chi connectivity index (χ3v) is 8.71. The SMILES string of the molecule is NC(=O)c1c(NC(=O)C2CCN(C3=NS(=O)(=O)c4ccccc43)CC2)sc2c1CCC2. The molecule has 0 bridgehead atoms. The van der Waals surface area contributed by atoms with Crippen LogP contribution in [0, 0.1) is 5.92 Å². The van der Waals surface area contributed by atoms with Gasteiger partial charge in [0.25, 0.3) is 15.9 Å². The predicted molar refractivity (Wildman–Crippen MR) is 118 cm³/mol. The second kappa shape index (κ2) is 7.45. The Morgan fingerprint density at radius 2 is 1.90 bits per heavy atom. The van der Waals surface area contributed by atoms with Gasteiger partial charge in [0.15, 0.2) is 5.84 Å². The van der Waals surface area contributed by atoms with Crippen LogP contribution in [0.25, 0.3) is 0 Å². The van der Waals surface area contributed by atoms with Crippen molar-refractivity contribution in [2.24, 2.45) is 16.0 Å². The molecule has 0 atom stereocenters. The molecule has 8 nitrogen and oxygen atoms in total. The number of nitrogens with one attached hydrogen (secondary N) is 1. The molecule has 0 radical (unpaired) electrons. The molecular formula is C21H22N4O4S2. The number of fused-ring (bicyclic) bond motifs is 2. The van der Waals surface area contributed by atoms with Crippen LogP contribution in [-0.4, -0.2) is 44.1 Å². The number of nitrogens with two attached hydrogens (primary N) is 1. The first kappa shape index (κ1) is 20.2. The standard InChI is InChI=1S/C21H22N4O4S2/c22-18(26)17-13-5-3-6-15(13)30-21(17)23-20(27)12-8-10-25(11-9-12)19-14-4-1-2-7-16(14)31(28,29)24-19/h1-2,4,7,12H,3,5-6,8-11H2,(H2,22,26)(H,23,27). The minimum absolute atomic E-state index is 0.122. The zero-order valence-corrected chi connectivity index (χ0v) is 18.4. The van der Waals surface area contributed by atoms with Crippen molar-refractivity contribution in [2.75, 3.05) is 18.4 Å². The Morgan fingerprint density at radius 1 is 1.16 bits per heavy atom. The molecule has 1 aromatic heterocycles. The highest BCUT2D eigenvalue weighted by Gasteiger charge is 2.35. The molecule has 31 heavy (non-hydrogen) atoms. The Balaban J connectivity index is 1.28. The molecule has 2 aliphatic heterocycles. The van der Waals surface area contributed by atoms with Crippen LogP contribution in [0.3, 0.4) is 0 Å². The van der Waals surface area contributed by atoms with Gasteiger partial charge < -0.3 is 16.0 Å². The van der Waals surface area contributed by atoms with Gasteiger partial charge in [0.05, 0.1) is 5.56 Å². The lowest BCUT2D eigenvalue weighted by atomic mass is 9.95. The van der Waals surface area contributed by atoms with Gasteiger partial charge in [0.1, 0.15) is 9.90 Å². The molecule has 1 fully saturated rings. The number of aryl methyl sites for hydroxylation is 1. The summed E-state index contributed by atoms with van der Waals surface area (Å²) in [7, 11) is -3.66. The largest absolute Gasteiger partial charge is 0.365 e. The topological polar surface area (TPSA) is 122 Å². The predicted octanol–water partition coefficient (Wildman–Crippen LogP) is 2.14. The van der Waals surface area contributed by atoms with Gasteiger partial charge in [-0.3, -0.25) is 9.59 Å². The average Bonchev–Trinajstić information content (AvgIpc) is 3.40. The summed E-state index contributed by atoms with van der Waals surface area (Å²) in [6.07, 6.45) is 3.90. The molecule has 3 N–H and O–H groups in total. The fourth-order valence-corrected chi connectivity index (χ4v) is 7.16. The van der Waals surface area contributed by atoms with Crippen molar-refractivity contribution in [3.63, 3.8) is 0 Å². The number of amidine groups is 1. The summed E-state index contributed by atoms with van der Waals surface area (Å²) in [6, 6.07) is 6.81. The summed E-state index contributed by atoms with van der Waals surface area (Å²) < 4.78 is 28.6. The Morgan fingerprint density at radius 3 is 2.65 bits per heavy atom. The number of anilines is 1. The number of nitrogens with zero attached hydrogens (tertiary/aromatic N) is 2. The summed E-state index contributed by atoms with van der Waals surface area (Å²) in [5.41, 5.74) is 7.65. The van der Waals surface area contributed by atoms with E-state index in [1.54, 1.807) is 24.3 Å². The van der Waals surface area contributed by atoms with Gasteiger partial charge in [-0.15, -0.1) is 15.7 Å². The number of rotatable bonds is 3. The first-order chi connectivity index (χ1) is 14.8. The monoisotopic (exact) mass is 458 g/mol. The highest BCUT2D eigenvalue weighted by atomic mass is 32.2. The Kier molecular flexibility index (Phi) is 4.86. The zero-order valence-electron chi connectivity index (χ0n) is 16.8. The van der Waals surface area contributed by atoms with Gasteiger partial charge in [-0.25, -0.2) is 0 Å². The maximum Gasteiger partial charge on any atom is 0.285 e. The zero-order chi connectivity index (χ0) is 21.8. The number of likely N-dealkylation sites (tertiary alicyclic amines) is 1. The van der Waals surface area contributed by atoms with Crippen molar-refractivity contribution in [2.45, 2.75) is 37.0 Å². The molecular weight excluding hydrogens is 436 g/mol. The van der Waals surface area contributed by atoms with Crippen molar-refractivity contribution in [3.05, 3.63) is 45.8 Å². The Labute approximate surface area is 184 Å². The van der Waals surface area contributed by atoms with E-state index in [-0.39, 0.29) is 16.7 Å². The van der Waals surface area contributed by atoms with Crippen LogP contribution < -0.4 is 11.1 Å². The van der Waals surface area contributed by atoms with E-state index in [0.29, 0.717) is 47.9 Å². The minimum atomic E-state index is -3.66. The maximum atomic E-state index is 12.9. The van der Waals surface area contributed by atoms with Crippen molar-refractivity contribution in [1.29, 1.82) is 0 Å². The number of hydrogen-bond donors (Lipinski definition) is 2. The number of amides is 2. The van der Waals surface area contributed by atoms with Gasteiger partial charge >= 0.3 is 0 Å². The number of primary amides is 1. The number of carbonyl (C=O) groups excluding carboxylic acids is 2. The second-order valence-electron chi connectivity index (χ2n) is 8.06. The summed E-state index contributed by atoms with van der Waals surface area (Å²) in [5.74, 6) is -0.380. The number of thiophene rings is 1. The Hall–Kier alpha value is -2.72. The lowest BCUT2D eigenvalue weighted by Crippen LogP contribution is -2.41. The van der Waals surface area contributed by atoms with Crippen LogP contribution in [0.1, 0.15) is 45.6 Å². The number of hydrogen-bond acceptors (Lipinski definition) is 6.